The summed E-state index contributed by atoms with van der Waals surface area (Å²) < 4.78 is 19.3. The summed E-state index contributed by atoms with van der Waals surface area (Å²) in [6.07, 6.45) is 7.10. The van der Waals surface area contributed by atoms with Crippen LogP contribution < -0.4 is 24.8 Å². The van der Waals surface area contributed by atoms with Gasteiger partial charge in [-0.1, -0.05) is 60.5 Å². The number of nitrogens with one attached hydrogen (secondary N) is 2. The van der Waals surface area contributed by atoms with E-state index in [2.05, 4.69) is 57.8 Å². The number of likely N-dealkylation sites (tertiary alicyclic amines) is 1. The molecule has 1 unspecified atom stereocenters. The van der Waals surface area contributed by atoms with E-state index in [-0.39, 0.29) is 24.7 Å². The number of ether oxygens (including phenoxy) is 3. The summed E-state index contributed by atoms with van der Waals surface area (Å²) in [7, 11) is 0. The molecule has 1 aromatic heterocycles. The quantitative estimate of drug-likeness (QED) is 0.136. The van der Waals surface area contributed by atoms with Crippen LogP contribution in [-0.2, 0) is 24.4 Å². The lowest BCUT2D eigenvalue weighted by atomic mass is 9.96. The number of carbonyl (C=O) groups excluding carboxylic acids is 1. The van der Waals surface area contributed by atoms with E-state index in [4.69, 9.17) is 37.4 Å². The number of amides is 1. The molecule has 1 aliphatic carbocycles. The summed E-state index contributed by atoms with van der Waals surface area (Å²) in [5.74, 6) is 2.44. The van der Waals surface area contributed by atoms with Gasteiger partial charge in [-0.3, -0.25) is 9.78 Å². The summed E-state index contributed by atoms with van der Waals surface area (Å²) in [5, 5.41) is 16.9. The fourth-order valence-electron chi connectivity index (χ4n) is 7.46. The van der Waals surface area contributed by atoms with E-state index in [1.165, 1.54) is 11.8 Å². The van der Waals surface area contributed by atoms with Gasteiger partial charge in [-0.05, 0) is 73.7 Å². The highest BCUT2D eigenvalue weighted by atomic mass is 35.5. The zero-order valence-corrected chi connectivity index (χ0v) is 30.8. The number of carbonyl (C=O) groups is 1. The Morgan fingerprint density at radius 1 is 1.00 bits per heavy atom. The molecule has 0 saturated carbocycles. The fraction of sp³-hybridized carbons (Fsp3) is 0.390. The highest BCUT2D eigenvalue weighted by molar-refractivity contribution is 6.35. The monoisotopic (exact) mass is 739 g/mol. The van der Waals surface area contributed by atoms with Crippen molar-refractivity contribution < 1.29 is 19.0 Å². The van der Waals surface area contributed by atoms with E-state index >= 15 is 0 Å². The molecular weight excluding hydrogens is 697 g/mol. The van der Waals surface area contributed by atoms with Gasteiger partial charge < -0.3 is 29.7 Å². The summed E-state index contributed by atoms with van der Waals surface area (Å²) in [6, 6.07) is 20.0. The zero-order valence-electron chi connectivity index (χ0n) is 29.3. The molecule has 3 aliphatic rings. The number of rotatable bonds is 14. The number of nitriles is 1. The molecule has 2 saturated heterocycles. The Kier molecular flexibility index (Phi) is 11.5. The average Bonchev–Trinajstić information content (AvgIpc) is 3.92. The molecule has 52 heavy (non-hydrogen) atoms. The molecule has 3 heterocycles. The second-order valence-electron chi connectivity index (χ2n) is 13.8. The Balaban J connectivity index is 1.09. The van der Waals surface area contributed by atoms with Gasteiger partial charge in [0, 0.05) is 73.2 Å². The molecule has 7 rings (SSSR count). The minimum atomic E-state index is -0.214. The average molecular weight is 741 g/mol. The zero-order chi connectivity index (χ0) is 36.0. The predicted molar refractivity (Wildman–Crippen MR) is 202 cm³/mol. The van der Waals surface area contributed by atoms with Gasteiger partial charge in [0.2, 0.25) is 5.91 Å². The van der Waals surface area contributed by atoms with E-state index in [1.807, 2.05) is 24.3 Å². The second kappa shape index (κ2) is 16.6. The first kappa shape index (κ1) is 36.0. The Hall–Kier alpha value is -4.33. The predicted octanol–water partition coefficient (Wildman–Crippen LogP) is 7.66. The first-order chi connectivity index (χ1) is 25.4. The van der Waals surface area contributed by atoms with Gasteiger partial charge in [0.25, 0.3) is 0 Å². The Bertz CT molecular complexity index is 1970. The van der Waals surface area contributed by atoms with Crippen LogP contribution in [0, 0.1) is 17.2 Å². The van der Waals surface area contributed by atoms with Crippen molar-refractivity contribution in [3.63, 3.8) is 0 Å². The van der Waals surface area contributed by atoms with Crippen LogP contribution in [0.2, 0.25) is 10.0 Å². The molecule has 4 aromatic rings. The van der Waals surface area contributed by atoms with E-state index < -0.39 is 0 Å². The van der Waals surface area contributed by atoms with Crippen LogP contribution in [0.5, 0.6) is 17.2 Å². The number of benzene rings is 3. The van der Waals surface area contributed by atoms with Crippen LogP contribution in [0.4, 0.5) is 0 Å². The SMILES string of the molecule is CCN1CCC(COc2cccc(-c3cccc4c3CC[C@@H]4Oc3cc(OCc4cncc(C#N)c4)c(CNC[C@@H]4CCC(=O)N4)cc3Cl)c2Cl)C1. The van der Waals surface area contributed by atoms with Crippen molar-refractivity contribution in [2.45, 2.75) is 64.3 Å². The molecule has 2 fully saturated rings. The van der Waals surface area contributed by atoms with Crippen molar-refractivity contribution >= 4 is 29.1 Å². The fourth-order valence-corrected chi connectivity index (χ4v) is 7.97. The first-order valence-corrected chi connectivity index (χ1v) is 18.9. The molecule has 270 valence electrons. The summed E-state index contributed by atoms with van der Waals surface area (Å²) >= 11 is 13.9. The van der Waals surface area contributed by atoms with Crippen molar-refractivity contribution in [2.24, 2.45) is 5.92 Å². The smallest absolute Gasteiger partial charge is 0.220 e. The lowest BCUT2D eigenvalue weighted by Crippen LogP contribution is -2.35. The molecule has 3 aromatic carbocycles. The second-order valence-corrected chi connectivity index (χ2v) is 14.6. The molecule has 9 nitrogen and oxygen atoms in total. The highest BCUT2D eigenvalue weighted by Crippen LogP contribution is 2.45. The molecule has 2 N–H and O–H groups in total. The summed E-state index contributed by atoms with van der Waals surface area (Å²) in [4.78, 5) is 18.3. The maximum atomic E-state index is 11.7. The number of pyridine rings is 1. The van der Waals surface area contributed by atoms with Crippen LogP contribution in [-0.4, -0.2) is 54.6 Å². The van der Waals surface area contributed by atoms with Gasteiger partial charge in [0.15, 0.2) is 0 Å². The third-order valence-corrected chi connectivity index (χ3v) is 10.9. The number of nitrogens with zero attached hydrogens (tertiary/aromatic N) is 3. The van der Waals surface area contributed by atoms with Gasteiger partial charge in [0.1, 0.15) is 36.0 Å². The lowest BCUT2D eigenvalue weighted by Gasteiger charge is -2.20. The molecule has 1 amide bonds. The largest absolute Gasteiger partial charge is 0.492 e. The van der Waals surface area contributed by atoms with Crippen LogP contribution in [0.3, 0.4) is 0 Å². The number of halogens is 2. The van der Waals surface area contributed by atoms with Gasteiger partial charge in [-0.25, -0.2) is 0 Å². The van der Waals surface area contributed by atoms with Crippen molar-refractivity contribution in [3.05, 3.63) is 105 Å². The van der Waals surface area contributed by atoms with E-state index in [1.54, 1.807) is 12.3 Å². The van der Waals surface area contributed by atoms with Crippen molar-refractivity contribution in [1.29, 1.82) is 5.26 Å². The standard InChI is InChI=1S/C41H43Cl2N5O4/c1-2-48-14-13-26(23-48)24-50-37-8-4-7-34(41(37)43)31-5-3-6-33-32(31)10-11-36(33)52-39-17-38(51-25-28-15-27(18-44)19-45-20-28)29(16-35(39)42)21-46-22-30-9-12-40(49)47-30/h3-8,15-17,19-20,26,30,36,46H,2,9-14,21-25H2,1H3,(H,47,49)/t26?,30-,36-/m0/s1. The number of aromatic nitrogens is 1. The number of fused-ring (bicyclic) bond motifs is 1. The van der Waals surface area contributed by atoms with Crippen molar-refractivity contribution in [3.8, 4) is 34.4 Å². The topological polar surface area (TPSA) is 109 Å². The van der Waals surface area contributed by atoms with E-state index in [0.717, 1.165) is 78.9 Å². The molecular formula is C41H43Cl2N5O4. The molecule has 0 bridgehead atoms. The molecule has 0 spiro atoms. The van der Waals surface area contributed by atoms with Crippen LogP contribution in [0.15, 0.2) is 67.0 Å². The van der Waals surface area contributed by atoms with Crippen molar-refractivity contribution in [1.82, 2.24) is 20.5 Å². The van der Waals surface area contributed by atoms with Gasteiger partial charge in [-0.2, -0.15) is 5.26 Å². The Morgan fingerprint density at radius 2 is 1.87 bits per heavy atom. The maximum Gasteiger partial charge on any atom is 0.220 e. The molecule has 2 aliphatic heterocycles. The Labute approximate surface area is 315 Å². The van der Waals surface area contributed by atoms with Crippen LogP contribution >= 0.6 is 23.2 Å². The third kappa shape index (κ3) is 8.32. The Morgan fingerprint density at radius 3 is 2.67 bits per heavy atom. The first-order valence-electron chi connectivity index (χ1n) is 18.1. The van der Waals surface area contributed by atoms with Crippen molar-refractivity contribution in [2.75, 3.05) is 32.8 Å². The maximum absolute atomic E-state index is 11.7. The van der Waals surface area contributed by atoms with E-state index in [0.29, 0.717) is 59.1 Å². The van der Waals surface area contributed by atoms with E-state index in [9.17, 15) is 10.1 Å². The third-order valence-electron chi connectivity index (χ3n) is 10.3. The van der Waals surface area contributed by atoms with Crippen LogP contribution in [0.1, 0.15) is 66.5 Å². The van der Waals surface area contributed by atoms with Gasteiger partial charge >= 0.3 is 0 Å². The minimum absolute atomic E-state index is 0.0816. The van der Waals surface area contributed by atoms with Gasteiger partial charge in [0.05, 0.1) is 22.2 Å². The van der Waals surface area contributed by atoms with Crippen LogP contribution in [0.25, 0.3) is 11.1 Å². The van der Waals surface area contributed by atoms with Gasteiger partial charge in [-0.15, -0.1) is 0 Å². The molecule has 0 radical (unpaired) electrons. The summed E-state index contributed by atoms with van der Waals surface area (Å²) in [5.41, 5.74) is 6.44. The minimum Gasteiger partial charge on any atom is -0.492 e. The number of hydrogen-bond acceptors (Lipinski definition) is 8. The molecule has 11 heteroatoms. The lowest BCUT2D eigenvalue weighted by molar-refractivity contribution is -0.119. The normalized spacial score (nSPS) is 19.7. The summed E-state index contributed by atoms with van der Waals surface area (Å²) in [6.45, 7) is 7.44. The number of hydrogen-bond donors (Lipinski definition) is 2. The molecule has 3 atom stereocenters. The highest BCUT2D eigenvalue weighted by Gasteiger charge is 2.29.